The van der Waals surface area contributed by atoms with Crippen LogP contribution in [0.5, 0.6) is 5.75 Å². The number of nitriles is 1. The predicted molar refractivity (Wildman–Crippen MR) is 114 cm³/mol. The van der Waals surface area contributed by atoms with E-state index in [1.165, 1.54) is 0 Å². The second-order valence-corrected chi connectivity index (χ2v) is 7.21. The van der Waals surface area contributed by atoms with Gasteiger partial charge in [0.05, 0.1) is 17.1 Å². The average molecular weight is 447 g/mol. The van der Waals surface area contributed by atoms with Crippen LogP contribution in [0.3, 0.4) is 0 Å². The highest BCUT2D eigenvalue weighted by molar-refractivity contribution is 9.10. The van der Waals surface area contributed by atoms with E-state index in [9.17, 15) is 10.1 Å². The number of ether oxygens (including phenoxy) is 1. The normalized spacial score (nSPS) is 10.5. The zero-order valence-electron chi connectivity index (χ0n) is 15.1. The maximum absolute atomic E-state index is 12.5. The summed E-state index contributed by atoms with van der Waals surface area (Å²) in [5.74, 6) is 0.793. The molecular weight excluding hydrogens is 432 g/mol. The van der Waals surface area contributed by atoms with E-state index in [-0.39, 0.29) is 12.5 Å². The van der Waals surface area contributed by atoms with Crippen LogP contribution in [-0.4, -0.2) is 16.1 Å². The van der Waals surface area contributed by atoms with Crippen molar-refractivity contribution in [1.82, 2.24) is 10.2 Å². The standard InChI is InChI=1S/C22H15BrN4O2/c23-17-7-5-14(6-8-17)22(28)25-21-19-11-18(9-10-20(19)26-27-21)29-13-16-4-2-1-3-15(16)12-24/h1-11H,13H2,(H2,25,26,27,28). The monoisotopic (exact) mass is 446 g/mol. The van der Waals surface area contributed by atoms with Crippen molar-refractivity contribution < 1.29 is 9.53 Å². The van der Waals surface area contributed by atoms with Gasteiger partial charge >= 0.3 is 0 Å². The number of nitrogens with one attached hydrogen (secondary N) is 2. The number of anilines is 1. The molecule has 3 aromatic carbocycles. The minimum absolute atomic E-state index is 0.250. The Morgan fingerprint density at radius 3 is 2.72 bits per heavy atom. The number of carbonyl (C=O) groups excluding carboxylic acids is 1. The average Bonchev–Trinajstić information content (AvgIpc) is 3.15. The maximum Gasteiger partial charge on any atom is 0.256 e. The van der Waals surface area contributed by atoms with Gasteiger partial charge in [-0.2, -0.15) is 10.4 Å². The van der Waals surface area contributed by atoms with Gasteiger partial charge in [-0.3, -0.25) is 9.89 Å². The Morgan fingerprint density at radius 2 is 1.93 bits per heavy atom. The fourth-order valence-electron chi connectivity index (χ4n) is 2.88. The molecule has 1 aromatic heterocycles. The molecule has 0 saturated carbocycles. The quantitative estimate of drug-likeness (QED) is 0.449. The van der Waals surface area contributed by atoms with E-state index in [1.807, 2.05) is 48.5 Å². The van der Waals surface area contributed by atoms with Crippen LogP contribution in [0.4, 0.5) is 5.82 Å². The second-order valence-electron chi connectivity index (χ2n) is 6.30. The van der Waals surface area contributed by atoms with Crippen molar-refractivity contribution in [3.8, 4) is 11.8 Å². The van der Waals surface area contributed by atoms with Crippen LogP contribution in [0.1, 0.15) is 21.5 Å². The number of rotatable bonds is 5. The van der Waals surface area contributed by atoms with Gasteiger partial charge in [0.2, 0.25) is 0 Å². The lowest BCUT2D eigenvalue weighted by Crippen LogP contribution is -2.12. The van der Waals surface area contributed by atoms with Crippen LogP contribution in [0.2, 0.25) is 0 Å². The van der Waals surface area contributed by atoms with E-state index in [4.69, 9.17) is 4.74 Å². The molecule has 0 aliphatic rings. The predicted octanol–water partition coefficient (Wildman–Crippen LogP) is 5.03. The summed E-state index contributed by atoms with van der Waals surface area (Å²) >= 11 is 3.36. The number of halogens is 1. The summed E-state index contributed by atoms with van der Waals surface area (Å²) in [7, 11) is 0. The molecule has 0 fully saturated rings. The Bertz CT molecular complexity index is 1230. The van der Waals surface area contributed by atoms with E-state index >= 15 is 0 Å². The molecule has 0 atom stereocenters. The summed E-state index contributed by atoms with van der Waals surface area (Å²) in [4.78, 5) is 12.5. The molecular formula is C22H15BrN4O2. The topological polar surface area (TPSA) is 90.8 Å². The molecule has 0 radical (unpaired) electrons. The van der Waals surface area contributed by atoms with Crippen molar-refractivity contribution in [2.75, 3.05) is 5.32 Å². The van der Waals surface area contributed by atoms with E-state index in [1.54, 1.807) is 18.2 Å². The third-order valence-electron chi connectivity index (χ3n) is 4.40. The third-order valence-corrected chi connectivity index (χ3v) is 4.93. The molecule has 6 nitrogen and oxygen atoms in total. The van der Waals surface area contributed by atoms with Gasteiger partial charge in [0.25, 0.3) is 5.91 Å². The van der Waals surface area contributed by atoms with Crippen molar-refractivity contribution in [3.05, 3.63) is 87.9 Å². The van der Waals surface area contributed by atoms with Gasteiger partial charge in [0.1, 0.15) is 12.4 Å². The largest absolute Gasteiger partial charge is 0.489 e. The number of hydrogen-bond acceptors (Lipinski definition) is 4. The van der Waals surface area contributed by atoms with Gasteiger partial charge in [-0.15, -0.1) is 0 Å². The highest BCUT2D eigenvalue weighted by Gasteiger charge is 2.12. The third kappa shape index (κ3) is 4.13. The van der Waals surface area contributed by atoms with Crippen LogP contribution >= 0.6 is 15.9 Å². The second kappa shape index (κ2) is 8.17. The number of hydrogen-bond donors (Lipinski definition) is 2. The first-order chi connectivity index (χ1) is 14.1. The number of aromatic nitrogens is 2. The van der Waals surface area contributed by atoms with Crippen LogP contribution in [-0.2, 0) is 6.61 Å². The van der Waals surface area contributed by atoms with E-state index in [2.05, 4.69) is 37.5 Å². The lowest BCUT2D eigenvalue weighted by Gasteiger charge is -2.08. The Balaban J connectivity index is 1.54. The molecule has 0 spiro atoms. The van der Waals surface area contributed by atoms with Gasteiger partial charge in [-0.05, 0) is 48.5 Å². The molecule has 0 bridgehead atoms. The van der Waals surface area contributed by atoms with E-state index < -0.39 is 0 Å². The summed E-state index contributed by atoms with van der Waals surface area (Å²) in [6.45, 7) is 0.272. The Kier molecular flexibility index (Phi) is 5.27. The van der Waals surface area contributed by atoms with Gasteiger partial charge in [0, 0.05) is 21.0 Å². The molecule has 7 heteroatoms. The van der Waals surface area contributed by atoms with Crippen molar-refractivity contribution in [2.45, 2.75) is 6.61 Å². The molecule has 0 unspecified atom stereocenters. The van der Waals surface area contributed by atoms with Crippen molar-refractivity contribution in [2.24, 2.45) is 0 Å². The number of nitrogens with zero attached hydrogens (tertiary/aromatic N) is 2. The Morgan fingerprint density at radius 1 is 1.14 bits per heavy atom. The highest BCUT2D eigenvalue weighted by Crippen LogP contribution is 2.26. The van der Waals surface area contributed by atoms with Crippen LogP contribution < -0.4 is 10.1 Å². The molecule has 0 aliphatic carbocycles. The summed E-state index contributed by atoms with van der Waals surface area (Å²) in [5, 5.41) is 19.9. The fraction of sp³-hybridized carbons (Fsp3) is 0.0455. The Hall–Kier alpha value is -3.63. The van der Waals surface area contributed by atoms with Crippen LogP contribution in [0.15, 0.2) is 71.2 Å². The van der Waals surface area contributed by atoms with Gasteiger partial charge in [0.15, 0.2) is 5.82 Å². The minimum atomic E-state index is -0.250. The lowest BCUT2D eigenvalue weighted by molar-refractivity contribution is 0.102. The van der Waals surface area contributed by atoms with E-state index in [0.29, 0.717) is 22.7 Å². The minimum Gasteiger partial charge on any atom is -0.489 e. The first-order valence-electron chi connectivity index (χ1n) is 8.80. The number of fused-ring (bicyclic) bond motifs is 1. The van der Waals surface area contributed by atoms with Gasteiger partial charge in [-0.25, -0.2) is 0 Å². The molecule has 4 rings (SSSR count). The van der Waals surface area contributed by atoms with Gasteiger partial charge in [-0.1, -0.05) is 34.1 Å². The number of aromatic amines is 1. The number of amides is 1. The Labute approximate surface area is 175 Å². The first-order valence-corrected chi connectivity index (χ1v) is 9.59. The number of H-pyrrole nitrogens is 1. The molecule has 1 heterocycles. The number of benzene rings is 3. The number of carbonyl (C=O) groups is 1. The van der Waals surface area contributed by atoms with Crippen LogP contribution in [0, 0.1) is 11.3 Å². The lowest BCUT2D eigenvalue weighted by atomic mass is 10.1. The zero-order valence-corrected chi connectivity index (χ0v) is 16.7. The summed E-state index contributed by atoms with van der Waals surface area (Å²) in [6.07, 6.45) is 0. The summed E-state index contributed by atoms with van der Waals surface area (Å²) in [6, 6.07) is 22.0. The van der Waals surface area contributed by atoms with Crippen molar-refractivity contribution >= 4 is 38.6 Å². The molecule has 0 aliphatic heterocycles. The SMILES string of the molecule is N#Cc1ccccc1COc1ccc2[nH]nc(NC(=O)c3ccc(Br)cc3)c2c1. The maximum atomic E-state index is 12.5. The molecule has 0 saturated heterocycles. The van der Waals surface area contributed by atoms with E-state index in [0.717, 1.165) is 20.9 Å². The fourth-order valence-corrected chi connectivity index (χ4v) is 3.14. The van der Waals surface area contributed by atoms with Gasteiger partial charge < -0.3 is 10.1 Å². The molecule has 29 heavy (non-hydrogen) atoms. The summed E-state index contributed by atoms with van der Waals surface area (Å²) in [5.41, 5.74) is 2.70. The van der Waals surface area contributed by atoms with Crippen molar-refractivity contribution in [3.63, 3.8) is 0 Å². The zero-order chi connectivity index (χ0) is 20.2. The van der Waals surface area contributed by atoms with Crippen LogP contribution in [0.25, 0.3) is 10.9 Å². The smallest absolute Gasteiger partial charge is 0.256 e. The molecule has 142 valence electrons. The molecule has 1 amide bonds. The molecule has 2 N–H and O–H groups in total. The first kappa shape index (κ1) is 18.7. The highest BCUT2D eigenvalue weighted by atomic mass is 79.9. The van der Waals surface area contributed by atoms with Crippen molar-refractivity contribution in [1.29, 1.82) is 5.26 Å². The summed E-state index contributed by atoms with van der Waals surface area (Å²) < 4.78 is 6.76. The molecule has 4 aromatic rings.